The first-order chi connectivity index (χ1) is 16.6. The average molecular weight is 451 g/mol. The van der Waals surface area contributed by atoms with Gasteiger partial charge in [0.1, 0.15) is 11.9 Å². The maximum atomic E-state index is 13.2. The highest BCUT2D eigenvalue weighted by Gasteiger charge is 2.23. The van der Waals surface area contributed by atoms with Crippen LogP contribution >= 0.6 is 0 Å². The Hall–Kier alpha value is -4.51. The minimum atomic E-state index is -0.210. The van der Waals surface area contributed by atoms with E-state index >= 15 is 0 Å². The quantitative estimate of drug-likeness (QED) is 0.513. The minimum Gasteiger partial charge on any atom is -0.353 e. The number of aromatic amines is 1. The number of nitrogens with one attached hydrogen (secondary N) is 1. The number of pyridine rings is 1. The van der Waals surface area contributed by atoms with Gasteiger partial charge in [-0.15, -0.1) is 0 Å². The number of hydrogen-bond donors (Lipinski definition) is 1. The molecule has 4 aromatic rings. The van der Waals surface area contributed by atoms with E-state index in [2.05, 4.69) is 26.2 Å². The number of rotatable bonds is 4. The van der Waals surface area contributed by atoms with E-state index in [1.54, 1.807) is 18.3 Å². The van der Waals surface area contributed by atoms with E-state index < -0.39 is 0 Å². The van der Waals surface area contributed by atoms with Crippen LogP contribution in [0.5, 0.6) is 0 Å². The van der Waals surface area contributed by atoms with Crippen LogP contribution in [0.25, 0.3) is 10.8 Å². The molecule has 0 saturated carbocycles. The Labute approximate surface area is 196 Å². The number of piperazine rings is 1. The van der Waals surface area contributed by atoms with E-state index in [9.17, 15) is 9.59 Å². The van der Waals surface area contributed by atoms with Crippen molar-refractivity contribution in [2.24, 2.45) is 0 Å². The summed E-state index contributed by atoms with van der Waals surface area (Å²) in [6, 6.07) is 20.6. The zero-order chi connectivity index (χ0) is 23.5. The van der Waals surface area contributed by atoms with Gasteiger partial charge in [-0.1, -0.05) is 30.3 Å². The Morgan fingerprint density at radius 1 is 1.00 bits per heavy atom. The van der Waals surface area contributed by atoms with Crippen LogP contribution in [0, 0.1) is 11.3 Å². The number of nitriles is 1. The first kappa shape index (κ1) is 21.3. The van der Waals surface area contributed by atoms with Gasteiger partial charge in [0.2, 0.25) is 0 Å². The van der Waals surface area contributed by atoms with E-state index in [4.69, 9.17) is 5.26 Å². The fourth-order valence-corrected chi connectivity index (χ4v) is 4.27. The Balaban J connectivity index is 1.28. The van der Waals surface area contributed by atoms with Crippen molar-refractivity contribution in [3.8, 4) is 6.07 Å². The summed E-state index contributed by atoms with van der Waals surface area (Å²) in [6.07, 6.45) is 2.08. The first-order valence-corrected chi connectivity index (χ1v) is 11.1. The van der Waals surface area contributed by atoms with Crippen molar-refractivity contribution in [3.05, 3.63) is 99.6 Å². The lowest BCUT2D eigenvalue weighted by atomic mass is 10.0. The Morgan fingerprint density at radius 2 is 1.79 bits per heavy atom. The largest absolute Gasteiger partial charge is 0.353 e. The summed E-state index contributed by atoms with van der Waals surface area (Å²) in [4.78, 5) is 33.6. The molecule has 0 aliphatic carbocycles. The fourth-order valence-electron chi connectivity index (χ4n) is 4.27. The summed E-state index contributed by atoms with van der Waals surface area (Å²) >= 11 is 0. The molecule has 34 heavy (non-hydrogen) atoms. The molecule has 0 unspecified atom stereocenters. The number of carbonyl (C=O) groups is 1. The molecule has 1 aliphatic heterocycles. The van der Waals surface area contributed by atoms with Gasteiger partial charge in [-0.25, -0.2) is 10.1 Å². The molecule has 5 rings (SSSR count). The number of nitrogens with zero attached hydrogens (tertiary/aromatic N) is 5. The Morgan fingerprint density at radius 3 is 2.53 bits per heavy atom. The molecule has 0 atom stereocenters. The fraction of sp³-hybridized carbons (Fsp3) is 0.192. The third-order valence-corrected chi connectivity index (χ3v) is 6.09. The maximum Gasteiger partial charge on any atom is 0.272 e. The van der Waals surface area contributed by atoms with Crippen LogP contribution in [0.2, 0.25) is 0 Å². The van der Waals surface area contributed by atoms with Crippen LogP contribution in [0.15, 0.2) is 71.7 Å². The summed E-state index contributed by atoms with van der Waals surface area (Å²) < 4.78 is 0. The van der Waals surface area contributed by atoms with Gasteiger partial charge >= 0.3 is 0 Å². The van der Waals surface area contributed by atoms with E-state index in [1.807, 2.05) is 53.4 Å². The SMILES string of the molecule is N#Cc1ccc(N2CCN(C(=O)c3cccc(Cc4n[nH]c(=O)c5ccccc45)c3)CC2)nc1. The number of benzene rings is 2. The van der Waals surface area contributed by atoms with Gasteiger partial charge in [0.25, 0.3) is 11.5 Å². The molecular formula is C26H22N6O2. The molecule has 1 saturated heterocycles. The number of aromatic nitrogens is 3. The lowest BCUT2D eigenvalue weighted by molar-refractivity contribution is 0.0746. The number of hydrogen-bond acceptors (Lipinski definition) is 6. The summed E-state index contributed by atoms with van der Waals surface area (Å²) in [5.74, 6) is 0.808. The normalized spacial score (nSPS) is 13.6. The Bertz CT molecular complexity index is 1450. The second-order valence-corrected chi connectivity index (χ2v) is 8.22. The lowest BCUT2D eigenvalue weighted by Crippen LogP contribution is -2.49. The van der Waals surface area contributed by atoms with Gasteiger partial charge in [-0.3, -0.25) is 9.59 Å². The molecule has 1 amide bonds. The predicted octanol–water partition coefficient (Wildman–Crippen LogP) is 2.74. The number of amides is 1. The van der Waals surface area contributed by atoms with Gasteiger partial charge in [0.15, 0.2) is 0 Å². The second kappa shape index (κ2) is 9.16. The number of H-pyrrole nitrogens is 1. The van der Waals surface area contributed by atoms with Gasteiger partial charge in [-0.05, 0) is 35.9 Å². The van der Waals surface area contributed by atoms with Crippen molar-refractivity contribution in [3.63, 3.8) is 0 Å². The van der Waals surface area contributed by atoms with E-state index in [0.717, 1.165) is 22.5 Å². The number of anilines is 1. The summed E-state index contributed by atoms with van der Waals surface area (Å²) in [5.41, 5.74) is 2.68. The molecule has 3 heterocycles. The molecule has 1 aliphatic rings. The van der Waals surface area contributed by atoms with Crippen molar-refractivity contribution < 1.29 is 4.79 Å². The van der Waals surface area contributed by atoms with Crippen molar-refractivity contribution in [2.45, 2.75) is 6.42 Å². The highest BCUT2D eigenvalue weighted by Crippen LogP contribution is 2.19. The third-order valence-electron chi connectivity index (χ3n) is 6.09. The van der Waals surface area contributed by atoms with Crippen LogP contribution in [0.3, 0.4) is 0 Å². The monoisotopic (exact) mass is 450 g/mol. The van der Waals surface area contributed by atoms with Crippen LogP contribution in [0.4, 0.5) is 5.82 Å². The van der Waals surface area contributed by atoms with Gasteiger partial charge in [0, 0.05) is 49.7 Å². The summed E-state index contributed by atoms with van der Waals surface area (Å²) in [7, 11) is 0. The molecule has 0 spiro atoms. The second-order valence-electron chi connectivity index (χ2n) is 8.22. The van der Waals surface area contributed by atoms with Gasteiger partial charge in [0.05, 0.1) is 16.6 Å². The third kappa shape index (κ3) is 4.24. The topological polar surface area (TPSA) is 106 Å². The smallest absolute Gasteiger partial charge is 0.272 e. The van der Waals surface area contributed by atoms with Crippen LogP contribution in [-0.4, -0.2) is 52.2 Å². The number of carbonyl (C=O) groups excluding carboxylic acids is 1. The summed E-state index contributed by atoms with van der Waals surface area (Å²) in [6.45, 7) is 2.54. The zero-order valence-electron chi connectivity index (χ0n) is 18.4. The van der Waals surface area contributed by atoms with E-state index in [-0.39, 0.29) is 11.5 Å². The molecule has 0 bridgehead atoms. The molecule has 1 fully saturated rings. The van der Waals surface area contributed by atoms with Crippen molar-refractivity contribution in [1.82, 2.24) is 20.1 Å². The van der Waals surface area contributed by atoms with E-state index in [0.29, 0.717) is 49.1 Å². The minimum absolute atomic E-state index is 0.00595. The lowest BCUT2D eigenvalue weighted by Gasteiger charge is -2.35. The average Bonchev–Trinajstić information content (AvgIpc) is 2.90. The first-order valence-electron chi connectivity index (χ1n) is 11.1. The molecule has 2 aromatic carbocycles. The molecule has 8 nitrogen and oxygen atoms in total. The van der Waals surface area contributed by atoms with Crippen LogP contribution < -0.4 is 10.5 Å². The molecule has 168 valence electrons. The van der Waals surface area contributed by atoms with Crippen molar-refractivity contribution in [1.29, 1.82) is 5.26 Å². The van der Waals surface area contributed by atoms with Gasteiger partial charge in [-0.2, -0.15) is 10.4 Å². The zero-order valence-corrected chi connectivity index (χ0v) is 18.4. The highest BCUT2D eigenvalue weighted by molar-refractivity contribution is 5.94. The molecule has 8 heteroatoms. The summed E-state index contributed by atoms with van der Waals surface area (Å²) in [5, 5.41) is 17.2. The standard InChI is InChI=1S/C26H22N6O2/c27-16-19-8-9-24(28-17-19)31-10-12-32(13-11-31)26(34)20-5-3-4-18(14-20)15-23-21-6-1-2-7-22(21)25(33)30-29-23/h1-9,14,17H,10-13,15H2,(H,30,33). The Kier molecular flexibility index (Phi) is 5.75. The predicted molar refractivity (Wildman–Crippen MR) is 129 cm³/mol. The molecule has 2 aromatic heterocycles. The molecular weight excluding hydrogens is 428 g/mol. The molecule has 1 N–H and O–H groups in total. The maximum absolute atomic E-state index is 13.2. The number of fused-ring (bicyclic) bond motifs is 1. The molecule has 0 radical (unpaired) electrons. The van der Waals surface area contributed by atoms with Crippen molar-refractivity contribution in [2.75, 3.05) is 31.1 Å². The van der Waals surface area contributed by atoms with Crippen LogP contribution in [-0.2, 0) is 6.42 Å². The van der Waals surface area contributed by atoms with Gasteiger partial charge < -0.3 is 9.80 Å². The highest BCUT2D eigenvalue weighted by atomic mass is 16.2. The van der Waals surface area contributed by atoms with Crippen molar-refractivity contribution >= 4 is 22.5 Å². The van der Waals surface area contributed by atoms with E-state index in [1.165, 1.54) is 0 Å². The van der Waals surface area contributed by atoms with Crippen LogP contribution in [0.1, 0.15) is 27.2 Å².